The van der Waals surface area contributed by atoms with Gasteiger partial charge in [0, 0.05) is 17.2 Å². The van der Waals surface area contributed by atoms with Gasteiger partial charge in [0.2, 0.25) is 5.78 Å². The quantitative estimate of drug-likeness (QED) is 0.424. The molecule has 0 unspecified atom stereocenters. The van der Waals surface area contributed by atoms with Crippen molar-refractivity contribution in [2.45, 2.75) is 0 Å². The average Bonchev–Trinajstić information content (AvgIpc) is 2.73. The number of amides is 1. The molecule has 1 amide bonds. The summed E-state index contributed by atoms with van der Waals surface area (Å²) in [5.74, 6) is -1.52. The topological polar surface area (TPSA) is 151 Å². The van der Waals surface area contributed by atoms with Gasteiger partial charge in [0.25, 0.3) is 11.6 Å². The van der Waals surface area contributed by atoms with Crippen LogP contribution in [0.4, 0.5) is 0 Å². The maximum absolute atomic E-state index is 12.7. The van der Waals surface area contributed by atoms with E-state index in [2.05, 4.69) is 11.0 Å². The third-order valence-electron chi connectivity index (χ3n) is 3.88. The molecule has 0 aromatic heterocycles. The molecule has 12 heteroatoms. The summed E-state index contributed by atoms with van der Waals surface area (Å²) < 4.78 is 0. The Morgan fingerprint density at radius 3 is 1.97 bits per heavy atom. The summed E-state index contributed by atoms with van der Waals surface area (Å²) in [4.78, 5) is 47.4. The Bertz CT molecular complexity index is 1050. The van der Waals surface area contributed by atoms with Crippen LogP contribution in [-0.4, -0.2) is 31.9 Å². The number of hydrazine groups is 4. The van der Waals surface area contributed by atoms with Crippen LogP contribution in [0.2, 0.25) is 0 Å². The van der Waals surface area contributed by atoms with Gasteiger partial charge in [-0.15, -0.1) is 0 Å². The second-order valence-corrected chi connectivity index (χ2v) is 5.87. The van der Waals surface area contributed by atoms with Gasteiger partial charge >= 0.3 is 0 Å². The number of hydrogen-bond donors (Lipinski definition) is 2. The lowest BCUT2D eigenvalue weighted by Gasteiger charge is -2.25. The predicted octanol–water partition coefficient (Wildman–Crippen LogP) is 1.45. The monoisotopic (exact) mass is 410 g/mol. The molecule has 152 valence electrons. The van der Waals surface area contributed by atoms with Crippen molar-refractivity contribution in [1.29, 1.82) is 0 Å². The number of allylic oxidation sites excluding steroid dienone is 2. The average molecular weight is 410 g/mol. The van der Waals surface area contributed by atoms with Gasteiger partial charge in [0.1, 0.15) is 11.9 Å². The number of nitro groups is 2. The van der Waals surface area contributed by atoms with Crippen LogP contribution in [0.15, 0.2) is 84.3 Å². The molecule has 0 aliphatic carbocycles. The maximum Gasteiger partial charge on any atom is 0.289 e. The molecule has 12 nitrogen and oxygen atoms in total. The molecule has 0 bridgehead atoms. The number of hydrogen-bond acceptors (Lipinski definition) is 8. The van der Waals surface area contributed by atoms with Crippen molar-refractivity contribution in [3.05, 3.63) is 116 Å². The molecule has 1 aliphatic rings. The fourth-order valence-corrected chi connectivity index (χ4v) is 2.48. The van der Waals surface area contributed by atoms with E-state index in [0.29, 0.717) is 5.01 Å². The van der Waals surface area contributed by atoms with E-state index in [1.807, 2.05) is 0 Å². The molecule has 2 aromatic carbocycles. The van der Waals surface area contributed by atoms with Crippen molar-refractivity contribution in [3.63, 3.8) is 0 Å². The SMILES string of the molecule is O=C(/C1=C/C([N+](=O)[O-])=C\N(C(=O)c2ccccc2)NN([N+](=O)[O-])N1)c1ccccc1. The molecule has 0 fully saturated rings. The van der Waals surface area contributed by atoms with Gasteiger partial charge in [-0.05, 0) is 12.1 Å². The summed E-state index contributed by atoms with van der Waals surface area (Å²) in [5.41, 5.74) is 3.46. The van der Waals surface area contributed by atoms with E-state index < -0.39 is 33.0 Å². The third-order valence-corrected chi connectivity index (χ3v) is 3.88. The predicted molar refractivity (Wildman–Crippen MR) is 102 cm³/mol. The standard InChI is InChI=1S/C18H14N6O6/c25-17(13-7-3-1-4-8-13)16-11-15(22(27)28)12-21(20-23(19-16)24(29)30)18(26)14-9-5-2-6-10-14/h1-12,19-20H/b15-12+,16-11-. The smallest absolute Gasteiger partial charge is 0.287 e. The zero-order chi connectivity index (χ0) is 21.7. The highest BCUT2D eigenvalue weighted by atomic mass is 16.7. The molecule has 2 N–H and O–H groups in total. The Morgan fingerprint density at radius 2 is 1.43 bits per heavy atom. The summed E-state index contributed by atoms with van der Waals surface area (Å²) in [6, 6.07) is 15.4. The normalized spacial score (nSPS) is 17.3. The fraction of sp³-hybridized carbons (Fsp3) is 0. The van der Waals surface area contributed by atoms with E-state index in [-0.39, 0.29) is 16.4 Å². The molecule has 0 radical (unpaired) electrons. The van der Waals surface area contributed by atoms with Crippen molar-refractivity contribution in [3.8, 4) is 0 Å². The second kappa shape index (κ2) is 8.62. The summed E-state index contributed by atoms with van der Waals surface area (Å²) >= 11 is 0. The second-order valence-electron chi connectivity index (χ2n) is 5.87. The number of nitrogens with one attached hydrogen (secondary N) is 2. The Morgan fingerprint density at radius 1 is 0.867 bits per heavy atom. The van der Waals surface area contributed by atoms with Gasteiger partial charge in [-0.3, -0.25) is 19.7 Å². The lowest BCUT2D eigenvalue weighted by atomic mass is 10.1. The van der Waals surface area contributed by atoms with Crippen LogP contribution in [0, 0.1) is 20.2 Å². The minimum atomic E-state index is -0.970. The van der Waals surface area contributed by atoms with Crippen LogP contribution in [0.5, 0.6) is 0 Å². The highest BCUT2D eigenvalue weighted by molar-refractivity contribution is 6.08. The molecule has 3 rings (SSSR count). The number of carbonyl (C=O) groups is 2. The molecule has 0 saturated heterocycles. The Kier molecular flexibility index (Phi) is 5.79. The molecule has 1 aliphatic heterocycles. The van der Waals surface area contributed by atoms with Gasteiger partial charge in [-0.2, -0.15) is 0 Å². The molecule has 0 atom stereocenters. The van der Waals surface area contributed by atoms with Crippen LogP contribution in [0.1, 0.15) is 20.7 Å². The maximum atomic E-state index is 12.7. The Labute approximate surface area is 168 Å². The Balaban J connectivity index is 2.06. The highest BCUT2D eigenvalue weighted by Gasteiger charge is 2.30. The van der Waals surface area contributed by atoms with Crippen LogP contribution >= 0.6 is 0 Å². The fourth-order valence-electron chi connectivity index (χ4n) is 2.48. The zero-order valence-electron chi connectivity index (χ0n) is 15.2. The summed E-state index contributed by atoms with van der Waals surface area (Å²) in [6.07, 6.45) is 1.57. The number of Topliss-reactive ketones (excluding diaryl/α,β-unsaturated/α-hetero) is 1. The number of nitrogens with zero attached hydrogens (tertiary/aromatic N) is 4. The minimum Gasteiger partial charge on any atom is -0.287 e. The molecule has 0 saturated carbocycles. The molecular weight excluding hydrogens is 396 g/mol. The highest BCUT2D eigenvalue weighted by Crippen LogP contribution is 2.14. The summed E-state index contributed by atoms with van der Waals surface area (Å²) in [5, 5.41) is 22.7. The van der Waals surface area contributed by atoms with E-state index in [1.165, 1.54) is 24.3 Å². The first-order chi connectivity index (χ1) is 14.4. The van der Waals surface area contributed by atoms with Gasteiger partial charge in [-0.1, -0.05) is 54.1 Å². The van der Waals surface area contributed by atoms with Crippen LogP contribution in [-0.2, 0) is 0 Å². The first-order valence-electron chi connectivity index (χ1n) is 8.40. The Hall–Kier alpha value is -4.58. The number of carbonyl (C=O) groups excluding carboxylic acids is 2. The van der Waals surface area contributed by atoms with Crippen molar-refractivity contribution < 1.29 is 19.5 Å². The van der Waals surface area contributed by atoms with E-state index >= 15 is 0 Å². The lowest BCUT2D eigenvalue weighted by molar-refractivity contribution is -0.689. The number of ketones is 1. The van der Waals surface area contributed by atoms with Crippen LogP contribution in [0.25, 0.3) is 0 Å². The van der Waals surface area contributed by atoms with Crippen molar-refractivity contribution in [1.82, 2.24) is 21.2 Å². The largest absolute Gasteiger partial charge is 0.289 e. The van der Waals surface area contributed by atoms with E-state index in [1.54, 1.807) is 36.4 Å². The van der Waals surface area contributed by atoms with Crippen molar-refractivity contribution >= 4 is 11.7 Å². The zero-order valence-corrected chi connectivity index (χ0v) is 15.2. The molecule has 30 heavy (non-hydrogen) atoms. The van der Waals surface area contributed by atoms with E-state index in [4.69, 9.17) is 0 Å². The molecule has 0 spiro atoms. The third kappa shape index (κ3) is 4.45. The first-order valence-corrected chi connectivity index (χ1v) is 8.40. The number of rotatable bonds is 5. The molecule has 2 aromatic rings. The van der Waals surface area contributed by atoms with Gasteiger partial charge in [0.05, 0.1) is 10.2 Å². The van der Waals surface area contributed by atoms with Gasteiger partial charge in [-0.25, -0.2) is 20.5 Å². The van der Waals surface area contributed by atoms with Crippen LogP contribution in [0.3, 0.4) is 0 Å². The lowest BCUT2D eigenvalue weighted by Crippen LogP contribution is -2.59. The minimum absolute atomic E-state index is 0.123. The van der Waals surface area contributed by atoms with Crippen molar-refractivity contribution in [2.75, 3.05) is 0 Å². The molecule has 1 heterocycles. The number of benzene rings is 2. The summed E-state index contributed by atoms with van der Waals surface area (Å²) in [6.45, 7) is 0. The van der Waals surface area contributed by atoms with Gasteiger partial charge < -0.3 is 0 Å². The first kappa shape index (κ1) is 20.2. The van der Waals surface area contributed by atoms with Crippen LogP contribution < -0.4 is 11.0 Å². The van der Waals surface area contributed by atoms with E-state index in [9.17, 15) is 29.8 Å². The van der Waals surface area contributed by atoms with Crippen molar-refractivity contribution in [2.24, 2.45) is 0 Å². The van der Waals surface area contributed by atoms with E-state index in [0.717, 1.165) is 12.3 Å². The summed E-state index contributed by atoms with van der Waals surface area (Å²) in [7, 11) is 0. The molecular formula is C18H14N6O6. The van der Waals surface area contributed by atoms with Gasteiger partial charge in [0.15, 0.2) is 5.03 Å².